The van der Waals surface area contributed by atoms with Crippen molar-refractivity contribution in [3.8, 4) is 5.75 Å². The Morgan fingerprint density at radius 2 is 1.70 bits per heavy atom. The molecule has 23 heavy (non-hydrogen) atoms. The zero-order valence-electron chi connectivity index (χ0n) is 13.1. The normalized spacial score (nSPS) is 9.83. The molecule has 0 spiro atoms. The van der Waals surface area contributed by atoms with Gasteiger partial charge in [0.25, 0.3) is 5.91 Å². The van der Waals surface area contributed by atoms with Gasteiger partial charge >= 0.3 is 6.16 Å². The molecule has 1 rings (SSSR count). The van der Waals surface area contributed by atoms with Crippen LogP contribution in [0.3, 0.4) is 0 Å². The number of carbonyl (C=O) groups excluding carboxylic acids is 3. The maximum atomic E-state index is 11.9. The van der Waals surface area contributed by atoms with Gasteiger partial charge in [0.15, 0.2) is 0 Å². The molecule has 0 bridgehead atoms. The highest BCUT2D eigenvalue weighted by atomic mass is 16.7. The van der Waals surface area contributed by atoms with E-state index in [4.69, 9.17) is 4.74 Å². The molecular formula is C15H20N2O6. The Morgan fingerprint density at radius 3 is 2.30 bits per heavy atom. The molecule has 126 valence electrons. The number of hydrogen-bond acceptors (Lipinski definition) is 6. The van der Waals surface area contributed by atoms with Crippen LogP contribution >= 0.6 is 0 Å². The molecule has 2 N–H and O–H groups in total. The van der Waals surface area contributed by atoms with E-state index < -0.39 is 6.16 Å². The molecule has 0 aliphatic rings. The SMILES string of the molecule is CCOC(=O)Oc1ccc(C(=O)NCCNC(=O)COC)cc1. The highest BCUT2D eigenvalue weighted by molar-refractivity contribution is 5.94. The highest BCUT2D eigenvalue weighted by Gasteiger charge is 2.08. The van der Waals surface area contributed by atoms with E-state index in [-0.39, 0.29) is 37.3 Å². The van der Waals surface area contributed by atoms with E-state index in [1.807, 2.05) is 0 Å². The zero-order chi connectivity index (χ0) is 17.1. The average molecular weight is 324 g/mol. The van der Waals surface area contributed by atoms with Gasteiger partial charge in [0.2, 0.25) is 5.91 Å². The van der Waals surface area contributed by atoms with E-state index in [9.17, 15) is 14.4 Å². The molecule has 0 saturated heterocycles. The first-order chi connectivity index (χ1) is 11.1. The van der Waals surface area contributed by atoms with Gasteiger partial charge in [-0.2, -0.15) is 0 Å². The number of carbonyl (C=O) groups is 3. The fourth-order valence-corrected chi connectivity index (χ4v) is 1.58. The van der Waals surface area contributed by atoms with Gasteiger partial charge < -0.3 is 24.8 Å². The first kappa shape index (κ1) is 18.4. The molecule has 0 aromatic heterocycles. The van der Waals surface area contributed by atoms with Crippen molar-refractivity contribution in [2.45, 2.75) is 6.92 Å². The third-order valence-electron chi connectivity index (χ3n) is 2.59. The van der Waals surface area contributed by atoms with E-state index >= 15 is 0 Å². The number of nitrogens with one attached hydrogen (secondary N) is 2. The molecule has 0 unspecified atom stereocenters. The molecule has 0 radical (unpaired) electrons. The largest absolute Gasteiger partial charge is 0.513 e. The van der Waals surface area contributed by atoms with Gasteiger partial charge in [-0.05, 0) is 31.2 Å². The maximum Gasteiger partial charge on any atom is 0.513 e. The minimum Gasteiger partial charge on any atom is -0.434 e. The fourth-order valence-electron chi connectivity index (χ4n) is 1.58. The van der Waals surface area contributed by atoms with Gasteiger partial charge in [-0.3, -0.25) is 9.59 Å². The van der Waals surface area contributed by atoms with Crippen LogP contribution in [0.5, 0.6) is 5.75 Å². The van der Waals surface area contributed by atoms with E-state index in [2.05, 4.69) is 20.1 Å². The molecule has 8 heteroatoms. The summed E-state index contributed by atoms with van der Waals surface area (Å²) in [6, 6.07) is 6.03. The van der Waals surface area contributed by atoms with E-state index in [0.29, 0.717) is 12.1 Å². The van der Waals surface area contributed by atoms with Crippen LogP contribution in [-0.2, 0) is 14.3 Å². The summed E-state index contributed by atoms with van der Waals surface area (Å²) in [4.78, 5) is 34.1. The number of amides is 2. The Labute approximate surface area is 134 Å². The summed E-state index contributed by atoms with van der Waals surface area (Å²) in [5, 5.41) is 5.23. The molecule has 0 heterocycles. The van der Waals surface area contributed by atoms with Crippen LogP contribution in [0, 0.1) is 0 Å². The Hall–Kier alpha value is -2.61. The number of rotatable bonds is 8. The smallest absolute Gasteiger partial charge is 0.434 e. The van der Waals surface area contributed by atoms with Gasteiger partial charge in [-0.15, -0.1) is 0 Å². The van der Waals surface area contributed by atoms with Crippen LogP contribution in [-0.4, -0.2) is 51.4 Å². The van der Waals surface area contributed by atoms with Gasteiger partial charge in [-0.25, -0.2) is 4.79 Å². The van der Waals surface area contributed by atoms with Crippen molar-refractivity contribution in [1.29, 1.82) is 0 Å². The third-order valence-corrected chi connectivity index (χ3v) is 2.59. The lowest BCUT2D eigenvalue weighted by atomic mass is 10.2. The molecule has 0 atom stereocenters. The van der Waals surface area contributed by atoms with E-state index in [1.54, 1.807) is 6.92 Å². The Morgan fingerprint density at radius 1 is 1.04 bits per heavy atom. The van der Waals surface area contributed by atoms with Gasteiger partial charge in [0, 0.05) is 25.8 Å². The van der Waals surface area contributed by atoms with Crippen molar-refractivity contribution in [3.63, 3.8) is 0 Å². The summed E-state index contributed by atoms with van der Waals surface area (Å²) >= 11 is 0. The molecular weight excluding hydrogens is 304 g/mol. The van der Waals surface area contributed by atoms with Crippen LogP contribution in [0.1, 0.15) is 17.3 Å². The topological polar surface area (TPSA) is 103 Å². The number of benzene rings is 1. The summed E-state index contributed by atoms with van der Waals surface area (Å²) < 4.78 is 14.2. The summed E-state index contributed by atoms with van der Waals surface area (Å²) in [6.45, 7) is 2.47. The second kappa shape index (κ2) is 10.2. The lowest BCUT2D eigenvalue weighted by Gasteiger charge is -2.08. The highest BCUT2D eigenvalue weighted by Crippen LogP contribution is 2.12. The number of hydrogen-bond donors (Lipinski definition) is 2. The van der Waals surface area contributed by atoms with Crippen molar-refractivity contribution in [3.05, 3.63) is 29.8 Å². The molecule has 2 amide bonds. The summed E-state index contributed by atoms with van der Waals surface area (Å²) in [5.74, 6) is -0.261. The van der Waals surface area contributed by atoms with Crippen LogP contribution in [0.25, 0.3) is 0 Å². The summed E-state index contributed by atoms with van der Waals surface area (Å²) in [5.41, 5.74) is 0.407. The van der Waals surface area contributed by atoms with Crippen molar-refractivity contribution in [1.82, 2.24) is 10.6 Å². The average Bonchev–Trinajstić information content (AvgIpc) is 2.52. The molecule has 1 aromatic rings. The predicted octanol–water partition coefficient (Wildman–Crippen LogP) is 0.714. The fraction of sp³-hybridized carbons (Fsp3) is 0.400. The van der Waals surface area contributed by atoms with Crippen LogP contribution < -0.4 is 15.4 Å². The first-order valence-electron chi connectivity index (χ1n) is 7.05. The quantitative estimate of drug-likeness (QED) is 0.415. The standard InChI is InChI=1S/C15H20N2O6/c1-3-22-15(20)23-12-6-4-11(5-7-12)14(19)17-9-8-16-13(18)10-21-2/h4-7H,3,8-10H2,1-2H3,(H,16,18)(H,17,19). The molecule has 1 aromatic carbocycles. The third kappa shape index (κ3) is 7.28. The van der Waals surface area contributed by atoms with Crippen molar-refractivity contribution >= 4 is 18.0 Å². The van der Waals surface area contributed by atoms with Crippen LogP contribution in [0.4, 0.5) is 4.79 Å². The van der Waals surface area contributed by atoms with Crippen molar-refractivity contribution < 1.29 is 28.6 Å². The Kier molecular flexibility index (Phi) is 8.16. The van der Waals surface area contributed by atoms with Gasteiger partial charge in [0.05, 0.1) is 6.61 Å². The molecule has 0 saturated carbocycles. The van der Waals surface area contributed by atoms with Crippen molar-refractivity contribution in [2.75, 3.05) is 33.4 Å². The maximum absolute atomic E-state index is 11.9. The lowest BCUT2D eigenvalue weighted by Crippen LogP contribution is -2.36. The first-order valence-corrected chi connectivity index (χ1v) is 7.05. The monoisotopic (exact) mass is 324 g/mol. The van der Waals surface area contributed by atoms with Crippen LogP contribution in [0.15, 0.2) is 24.3 Å². The molecule has 0 fully saturated rings. The lowest BCUT2D eigenvalue weighted by molar-refractivity contribution is -0.124. The minimum atomic E-state index is -0.795. The van der Waals surface area contributed by atoms with Crippen molar-refractivity contribution in [2.24, 2.45) is 0 Å². The molecule has 8 nitrogen and oxygen atoms in total. The minimum absolute atomic E-state index is 0.0180. The number of ether oxygens (including phenoxy) is 3. The summed E-state index contributed by atoms with van der Waals surface area (Å²) in [6.07, 6.45) is -0.795. The zero-order valence-corrected chi connectivity index (χ0v) is 13.1. The number of methoxy groups -OCH3 is 1. The molecule has 0 aliphatic heterocycles. The van der Waals surface area contributed by atoms with Gasteiger partial charge in [0.1, 0.15) is 12.4 Å². The Bertz CT molecular complexity index is 529. The predicted molar refractivity (Wildman–Crippen MR) is 81.3 cm³/mol. The second-order valence-corrected chi connectivity index (χ2v) is 4.35. The van der Waals surface area contributed by atoms with E-state index in [0.717, 1.165) is 0 Å². The van der Waals surface area contributed by atoms with Crippen LogP contribution in [0.2, 0.25) is 0 Å². The van der Waals surface area contributed by atoms with E-state index in [1.165, 1.54) is 31.4 Å². The Balaban J connectivity index is 2.36. The summed E-state index contributed by atoms with van der Waals surface area (Å²) in [7, 11) is 1.43. The molecule has 0 aliphatic carbocycles. The second-order valence-electron chi connectivity index (χ2n) is 4.35. The van der Waals surface area contributed by atoms with Gasteiger partial charge in [-0.1, -0.05) is 0 Å².